The van der Waals surface area contributed by atoms with Crippen molar-refractivity contribution in [2.75, 3.05) is 13.2 Å². The van der Waals surface area contributed by atoms with Gasteiger partial charge in [0, 0.05) is 6.42 Å². The van der Waals surface area contributed by atoms with Crippen LogP contribution >= 0.6 is 0 Å². The van der Waals surface area contributed by atoms with E-state index in [9.17, 15) is 19.2 Å². The van der Waals surface area contributed by atoms with Crippen LogP contribution in [0.25, 0.3) is 11.2 Å². The Morgan fingerprint density at radius 3 is 2.77 bits per heavy atom. The van der Waals surface area contributed by atoms with Crippen LogP contribution in [0.1, 0.15) is 65.5 Å². The van der Waals surface area contributed by atoms with Gasteiger partial charge in [-0.25, -0.2) is 9.78 Å². The highest BCUT2D eigenvalue weighted by atomic mass is 16.6. The average molecular weight is 492 g/mol. The van der Waals surface area contributed by atoms with Gasteiger partial charge in [-0.3, -0.25) is 19.0 Å². The third-order valence-electron chi connectivity index (χ3n) is 5.74. The first-order valence-electron chi connectivity index (χ1n) is 12.0. The fraction of sp³-hybridized carbons (Fsp3) is 0.652. The Labute approximate surface area is 202 Å². The third kappa shape index (κ3) is 7.10. The summed E-state index contributed by atoms with van der Waals surface area (Å²) < 4.78 is 18.2. The smallest absolute Gasteiger partial charge is 0.328 e. The molecule has 3 rings (SSSR count). The minimum absolute atomic E-state index is 0.0556. The topological polar surface area (TPSA) is 154 Å². The Morgan fingerprint density at radius 1 is 1.23 bits per heavy atom. The number of amides is 1. The maximum Gasteiger partial charge on any atom is 0.328 e. The van der Waals surface area contributed by atoms with E-state index in [1.54, 1.807) is 4.57 Å². The number of hydrogen-bond acceptors (Lipinski definition) is 9. The molecule has 35 heavy (non-hydrogen) atoms. The predicted octanol–water partition coefficient (Wildman–Crippen LogP) is 1.60. The van der Waals surface area contributed by atoms with E-state index < -0.39 is 29.4 Å². The molecule has 1 aliphatic heterocycles. The number of ether oxygens (including phenoxy) is 3. The second-order valence-corrected chi connectivity index (χ2v) is 8.84. The summed E-state index contributed by atoms with van der Waals surface area (Å²) in [6.07, 6.45) is 4.94. The molecule has 12 heteroatoms. The highest BCUT2D eigenvalue weighted by Crippen LogP contribution is 2.30. The molecule has 3 atom stereocenters. The van der Waals surface area contributed by atoms with E-state index in [2.05, 4.69) is 20.3 Å². The molecular formula is C23H33N5O7. The fourth-order valence-electron chi connectivity index (χ4n) is 3.73. The lowest BCUT2D eigenvalue weighted by Gasteiger charge is -2.20. The first-order chi connectivity index (χ1) is 16.8. The summed E-state index contributed by atoms with van der Waals surface area (Å²) in [5, 5.41) is 2.65. The predicted molar refractivity (Wildman–Crippen MR) is 124 cm³/mol. The van der Waals surface area contributed by atoms with Crippen molar-refractivity contribution in [3.05, 3.63) is 23.0 Å². The Hall–Kier alpha value is -3.28. The molecule has 192 valence electrons. The van der Waals surface area contributed by atoms with Gasteiger partial charge in [-0.2, -0.15) is 4.98 Å². The van der Waals surface area contributed by atoms with Crippen molar-refractivity contribution in [3.8, 4) is 0 Å². The second-order valence-electron chi connectivity index (χ2n) is 8.84. The number of esters is 2. The number of aromatic nitrogens is 4. The zero-order chi connectivity index (χ0) is 25.4. The standard InChI is InChI=1S/C23H33N5O7/c1-4-5-10-33-23(32)19(14(2)3)27-16(29)7-9-18(30)34-11-15-6-8-17(35-15)28-13-26-20-21(28)24-12-25-22(20)31/h12-15,17,19H,4-11H2,1-3H3,(H,27,29)(H,24,25,31)/t15-,17+,19-/m0/s1. The largest absolute Gasteiger partial charge is 0.464 e. The number of nitrogens with zero attached hydrogens (tertiary/aromatic N) is 3. The Morgan fingerprint density at radius 2 is 2.03 bits per heavy atom. The van der Waals surface area contributed by atoms with Crippen LogP contribution in [0.4, 0.5) is 0 Å². The van der Waals surface area contributed by atoms with Crippen LogP contribution in [0.2, 0.25) is 0 Å². The third-order valence-corrected chi connectivity index (χ3v) is 5.74. The van der Waals surface area contributed by atoms with Crippen molar-refractivity contribution < 1.29 is 28.6 Å². The lowest BCUT2D eigenvalue weighted by molar-refractivity contribution is -0.150. The van der Waals surface area contributed by atoms with Gasteiger partial charge in [0.05, 0.1) is 31.8 Å². The molecule has 1 saturated heterocycles. The van der Waals surface area contributed by atoms with Crippen LogP contribution in [0, 0.1) is 5.92 Å². The first kappa shape index (κ1) is 26.3. The summed E-state index contributed by atoms with van der Waals surface area (Å²) in [5.74, 6) is -1.56. The number of hydrogen-bond donors (Lipinski definition) is 2. The van der Waals surface area contributed by atoms with Gasteiger partial charge in [0.15, 0.2) is 5.52 Å². The Bertz CT molecular complexity index is 1080. The minimum Gasteiger partial charge on any atom is -0.464 e. The van der Waals surface area contributed by atoms with E-state index in [1.165, 1.54) is 12.7 Å². The van der Waals surface area contributed by atoms with Crippen LogP contribution in [-0.2, 0) is 28.6 Å². The first-order valence-corrected chi connectivity index (χ1v) is 12.0. The molecule has 0 aliphatic carbocycles. The van der Waals surface area contributed by atoms with Crippen LogP contribution < -0.4 is 10.9 Å². The zero-order valence-corrected chi connectivity index (χ0v) is 20.3. The van der Waals surface area contributed by atoms with E-state index in [-0.39, 0.29) is 43.2 Å². The molecular weight excluding hydrogens is 458 g/mol. The summed E-state index contributed by atoms with van der Waals surface area (Å²) in [7, 11) is 0. The van der Waals surface area contributed by atoms with Crippen molar-refractivity contribution in [3.63, 3.8) is 0 Å². The van der Waals surface area contributed by atoms with Gasteiger partial charge in [0.25, 0.3) is 0 Å². The molecule has 2 aromatic rings. The highest BCUT2D eigenvalue weighted by molar-refractivity contribution is 5.86. The molecule has 0 unspecified atom stereocenters. The summed E-state index contributed by atoms with van der Waals surface area (Å²) in [6.45, 7) is 6.00. The van der Waals surface area contributed by atoms with Crippen molar-refractivity contribution in [1.29, 1.82) is 0 Å². The number of carbonyl (C=O) groups excluding carboxylic acids is 3. The van der Waals surface area contributed by atoms with Gasteiger partial charge in [-0.1, -0.05) is 27.2 Å². The van der Waals surface area contributed by atoms with Crippen molar-refractivity contribution in [2.45, 2.75) is 77.7 Å². The Balaban J connectivity index is 1.40. The van der Waals surface area contributed by atoms with Crippen LogP contribution in [0.5, 0.6) is 0 Å². The lowest BCUT2D eigenvalue weighted by atomic mass is 10.0. The van der Waals surface area contributed by atoms with Crippen LogP contribution in [-0.4, -0.2) is 62.7 Å². The average Bonchev–Trinajstić information content (AvgIpc) is 3.47. The molecule has 1 fully saturated rings. The van der Waals surface area contributed by atoms with E-state index in [0.717, 1.165) is 12.8 Å². The SMILES string of the molecule is CCCCOC(=O)[C@@H](NC(=O)CCC(=O)OC[C@@H]1CC[C@H](n2cnc3c(=O)nc[nH]c32)O1)C(C)C. The number of imidazole rings is 1. The van der Waals surface area contributed by atoms with Gasteiger partial charge in [0.1, 0.15) is 24.5 Å². The fourth-order valence-corrected chi connectivity index (χ4v) is 3.73. The quantitative estimate of drug-likeness (QED) is 0.333. The molecule has 0 aromatic carbocycles. The summed E-state index contributed by atoms with van der Waals surface area (Å²) >= 11 is 0. The van der Waals surface area contributed by atoms with Gasteiger partial charge in [-0.15, -0.1) is 0 Å². The number of fused-ring (bicyclic) bond motifs is 1. The zero-order valence-electron chi connectivity index (χ0n) is 20.3. The lowest BCUT2D eigenvalue weighted by Crippen LogP contribution is -2.45. The summed E-state index contributed by atoms with van der Waals surface area (Å²) in [5.41, 5.74) is 0.337. The molecule has 0 spiro atoms. The maximum atomic E-state index is 12.3. The molecule has 0 bridgehead atoms. The normalized spacial score (nSPS) is 18.5. The van der Waals surface area contributed by atoms with Gasteiger partial charge >= 0.3 is 17.5 Å². The molecule has 2 N–H and O–H groups in total. The van der Waals surface area contributed by atoms with E-state index in [4.69, 9.17) is 14.2 Å². The number of carbonyl (C=O) groups is 3. The van der Waals surface area contributed by atoms with Crippen molar-refractivity contribution >= 4 is 29.0 Å². The van der Waals surface area contributed by atoms with Crippen molar-refractivity contribution in [2.24, 2.45) is 5.92 Å². The number of unbranched alkanes of at least 4 members (excludes halogenated alkanes) is 1. The molecule has 3 heterocycles. The van der Waals surface area contributed by atoms with Gasteiger partial charge in [-0.05, 0) is 25.2 Å². The molecule has 12 nitrogen and oxygen atoms in total. The molecule has 1 amide bonds. The number of H-pyrrole nitrogens is 1. The van der Waals surface area contributed by atoms with Crippen LogP contribution in [0.3, 0.4) is 0 Å². The van der Waals surface area contributed by atoms with Crippen molar-refractivity contribution in [1.82, 2.24) is 24.8 Å². The maximum absolute atomic E-state index is 12.3. The molecule has 0 saturated carbocycles. The number of rotatable bonds is 12. The summed E-state index contributed by atoms with van der Waals surface area (Å²) in [4.78, 5) is 59.1. The van der Waals surface area contributed by atoms with Gasteiger partial charge < -0.3 is 24.5 Å². The highest BCUT2D eigenvalue weighted by Gasteiger charge is 2.29. The summed E-state index contributed by atoms with van der Waals surface area (Å²) in [6, 6.07) is -0.760. The van der Waals surface area contributed by atoms with Gasteiger partial charge in [0.2, 0.25) is 5.91 Å². The number of aromatic amines is 1. The minimum atomic E-state index is -0.760. The second kappa shape index (κ2) is 12.4. The molecule has 1 aliphatic rings. The molecule has 2 aromatic heterocycles. The van der Waals surface area contributed by atoms with E-state index in [0.29, 0.717) is 25.1 Å². The molecule has 0 radical (unpaired) electrons. The van der Waals surface area contributed by atoms with E-state index in [1.807, 2.05) is 20.8 Å². The van der Waals surface area contributed by atoms with Crippen LogP contribution in [0.15, 0.2) is 17.4 Å². The monoisotopic (exact) mass is 491 g/mol. The number of nitrogens with one attached hydrogen (secondary N) is 2. The Kier molecular flexibility index (Phi) is 9.35. The van der Waals surface area contributed by atoms with E-state index >= 15 is 0 Å².